The van der Waals surface area contributed by atoms with Crippen molar-refractivity contribution in [2.45, 2.75) is 52.2 Å². The topological polar surface area (TPSA) is 80.0 Å². The number of nitrogens with zero attached hydrogens (tertiary/aromatic N) is 3. The van der Waals surface area contributed by atoms with Gasteiger partial charge in [-0.15, -0.1) is 0 Å². The largest absolute Gasteiger partial charge is 0.480 e. The second-order valence-electron chi connectivity index (χ2n) is 4.27. The first-order valence-corrected chi connectivity index (χ1v) is 5.90. The van der Waals surface area contributed by atoms with Gasteiger partial charge in [0.15, 0.2) is 0 Å². The van der Waals surface area contributed by atoms with E-state index in [2.05, 4.69) is 15.4 Å². The summed E-state index contributed by atoms with van der Waals surface area (Å²) in [6.45, 7) is 6.42. The Morgan fingerprint density at radius 2 is 2.29 bits per heavy atom. The predicted octanol–water partition coefficient (Wildman–Crippen LogP) is 1.20. The molecule has 0 amide bonds. The molecule has 17 heavy (non-hydrogen) atoms. The smallest absolute Gasteiger partial charge is 0.320 e. The van der Waals surface area contributed by atoms with Crippen LogP contribution in [0.4, 0.5) is 0 Å². The second-order valence-corrected chi connectivity index (χ2v) is 4.27. The second kappa shape index (κ2) is 6.34. The Balaban J connectivity index is 2.59. The summed E-state index contributed by atoms with van der Waals surface area (Å²) in [6, 6.07) is -0.291. The van der Waals surface area contributed by atoms with Gasteiger partial charge in [-0.25, -0.2) is 9.67 Å². The molecule has 0 bridgehead atoms. The van der Waals surface area contributed by atoms with Crippen molar-refractivity contribution in [3.8, 4) is 0 Å². The lowest BCUT2D eigenvalue weighted by Gasteiger charge is -2.14. The molecule has 0 aromatic carbocycles. The van der Waals surface area contributed by atoms with Crippen molar-refractivity contribution in [2.75, 3.05) is 0 Å². The fraction of sp³-hybridized carbons (Fsp3) is 0.727. The average molecular weight is 240 g/mol. The summed E-state index contributed by atoms with van der Waals surface area (Å²) in [4.78, 5) is 15.1. The molecule has 6 nitrogen and oxygen atoms in total. The normalized spacial score (nSPS) is 12.9. The van der Waals surface area contributed by atoms with Gasteiger partial charge < -0.3 is 5.11 Å². The Bertz CT molecular complexity index is 362. The zero-order valence-corrected chi connectivity index (χ0v) is 10.6. The SMILES string of the molecule is CCCC(NCc1ncnn1C(C)C)C(=O)O. The van der Waals surface area contributed by atoms with Gasteiger partial charge in [0.25, 0.3) is 0 Å². The number of rotatable bonds is 7. The van der Waals surface area contributed by atoms with E-state index in [4.69, 9.17) is 5.11 Å². The molecule has 0 aliphatic carbocycles. The molecule has 1 unspecified atom stereocenters. The summed E-state index contributed by atoms with van der Waals surface area (Å²) in [5, 5.41) is 16.1. The summed E-state index contributed by atoms with van der Waals surface area (Å²) >= 11 is 0. The van der Waals surface area contributed by atoms with E-state index in [9.17, 15) is 4.79 Å². The van der Waals surface area contributed by atoms with Gasteiger partial charge in [0.2, 0.25) is 0 Å². The highest BCUT2D eigenvalue weighted by molar-refractivity contribution is 5.73. The maximum atomic E-state index is 11.0. The zero-order valence-electron chi connectivity index (χ0n) is 10.6. The molecule has 0 aliphatic rings. The van der Waals surface area contributed by atoms with Crippen LogP contribution >= 0.6 is 0 Å². The van der Waals surface area contributed by atoms with Crippen LogP contribution in [-0.4, -0.2) is 31.9 Å². The summed E-state index contributed by atoms with van der Waals surface area (Å²) in [5.74, 6) is -0.0511. The molecule has 1 heterocycles. The molecule has 0 saturated carbocycles. The molecule has 1 rings (SSSR count). The van der Waals surface area contributed by atoms with E-state index in [1.165, 1.54) is 6.33 Å². The fourth-order valence-corrected chi connectivity index (χ4v) is 1.65. The Hall–Kier alpha value is -1.43. The molecule has 1 aromatic rings. The van der Waals surface area contributed by atoms with Crippen LogP contribution in [0.5, 0.6) is 0 Å². The van der Waals surface area contributed by atoms with Gasteiger partial charge in [0.1, 0.15) is 18.2 Å². The van der Waals surface area contributed by atoms with Gasteiger partial charge in [-0.05, 0) is 20.3 Å². The van der Waals surface area contributed by atoms with Crippen LogP contribution in [0.25, 0.3) is 0 Å². The first kappa shape index (κ1) is 13.6. The van der Waals surface area contributed by atoms with Gasteiger partial charge in [0, 0.05) is 6.04 Å². The molecule has 96 valence electrons. The molecule has 0 radical (unpaired) electrons. The van der Waals surface area contributed by atoms with E-state index in [0.29, 0.717) is 13.0 Å². The minimum absolute atomic E-state index is 0.226. The standard InChI is InChI=1S/C11H20N4O2/c1-4-5-9(11(16)17)12-6-10-13-7-14-15(10)8(2)3/h7-9,12H,4-6H2,1-3H3,(H,16,17). The molecule has 1 aromatic heterocycles. The monoisotopic (exact) mass is 240 g/mol. The lowest BCUT2D eigenvalue weighted by molar-refractivity contribution is -0.139. The number of hydrogen-bond donors (Lipinski definition) is 2. The van der Waals surface area contributed by atoms with Crippen molar-refractivity contribution >= 4 is 5.97 Å². The highest BCUT2D eigenvalue weighted by atomic mass is 16.4. The lowest BCUT2D eigenvalue weighted by Crippen LogP contribution is -2.36. The molecule has 2 N–H and O–H groups in total. The summed E-state index contributed by atoms with van der Waals surface area (Å²) in [5.41, 5.74) is 0. The van der Waals surface area contributed by atoms with Crippen LogP contribution in [0.1, 0.15) is 45.5 Å². The molecule has 0 fully saturated rings. The number of carbonyl (C=O) groups is 1. The van der Waals surface area contributed by atoms with E-state index >= 15 is 0 Å². The van der Waals surface area contributed by atoms with Gasteiger partial charge in [-0.2, -0.15) is 5.10 Å². The third kappa shape index (κ3) is 3.81. The van der Waals surface area contributed by atoms with Crippen LogP contribution in [0.3, 0.4) is 0 Å². The van der Waals surface area contributed by atoms with Crippen LogP contribution in [-0.2, 0) is 11.3 Å². The van der Waals surface area contributed by atoms with Crippen molar-refractivity contribution in [2.24, 2.45) is 0 Å². The summed E-state index contributed by atoms with van der Waals surface area (Å²) < 4.78 is 1.79. The van der Waals surface area contributed by atoms with E-state index < -0.39 is 12.0 Å². The number of carboxylic acids is 1. The average Bonchev–Trinajstić information content (AvgIpc) is 2.71. The van der Waals surface area contributed by atoms with Gasteiger partial charge in [-0.3, -0.25) is 10.1 Å². The quantitative estimate of drug-likeness (QED) is 0.748. The molecule has 0 spiro atoms. The molecule has 0 saturated heterocycles. The Morgan fingerprint density at radius 1 is 1.59 bits per heavy atom. The predicted molar refractivity (Wildman–Crippen MR) is 63.6 cm³/mol. The van der Waals surface area contributed by atoms with E-state index in [0.717, 1.165) is 12.2 Å². The maximum Gasteiger partial charge on any atom is 0.320 e. The summed E-state index contributed by atoms with van der Waals surface area (Å²) in [7, 11) is 0. The summed E-state index contributed by atoms with van der Waals surface area (Å²) in [6.07, 6.45) is 2.94. The number of aliphatic carboxylic acids is 1. The van der Waals surface area contributed by atoms with Crippen molar-refractivity contribution in [1.82, 2.24) is 20.1 Å². The zero-order chi connectivity index (χ0) is 12.8. The Morgan fingerprint density at radius 3 is 2.82 bits per heavy atom. The van der Waals surface area contributed by atoms with Gasteiger partial charge in [0.05, 0.1) is 6.54 Å². The van der Waals surface area contributed by atoms with Crippen LogP contribution < -0.4 is 5.32 Å². The molecule has 6 heteroatoms. The highest BCUT2D eigenvalue weighted by Crippen LogP contribution is 2.06. The maximum absolute atomic E-state index is 11.0. The van der Waals surface area contributed by atoms with Crippen LogP contribution in [0.15, 0.2) is 6.33 Å². The van der Waals surface area contributed by atoms with Crippen molar-refractivity contribution in [3.05, 3.63) is 12.2 Å². The van der Waals surface area contributed by atoms with Gasteiger partial charge in [-0.1, -0.05) is 13.3 Å². The van der Waals surface area contributed by atoms with Crippen molar-refractivity contribution in [1.29, 1.82) is 0 Å². The Labute approximate surface area is 101 Å². The molecule has 0 aliphatic heterocycles. The lowest BCUT2D eigenvalue weighted by atomic mass is 10.2. The fourth-order valence-electron chi connectivity index (χ4n) is 1.65. The van der Waals surface area contributed by atoms with E-state index in [-0.39, 0.29) is 6.04 Å². The minimum atomic E-state index is -0.817. The van der Waals surface area contributed by atoms with Crippen molar-refractivity contribution in [3.63, 3.8) is 0 Å². The van der Waals surface area contributed by atoms with Gasteiger partial charge >= 0.3 is 5.97 Å². The van der Waals surface area contributed by atoms with Crippen molar-refractivity contribution < 1.29 is 9.90 Å². The minimum Gasteiger partial charge on any atom is -0.480 e. The third-order valence-corrected chi connectivity index (χ3v) is 2.52. The number of hydrogen-bond acceptors (Lipinski definition) is 4. The molecule has 1 atom stereocenters. The third-order valence-electron chi connectivity index (χ3n) is 2.52. The number of carboxylic acid groups (broad SMARTS) is 1. The number of aromatic nitrogens is 3. The molecular weight excluding hydrogens is 220 g/mol. The molecular formula is C11H20N4O2. The first-order valence-electron chi connectivity index (χ1n) is 5.90. The highest BCUT2D eigenvalue weighted by Gasteiger charge is 2.17. The van der Waals surface area contributed by atoms with Crippen LogP contribution in [0, 0.1) is 0 Å². The van der Waals surface area contributed by atoms with E-state index in [1.54, 1.807) is 4.68 Å². The van der Waals surface area contributed by atoms with Crippen LogP contribution in [0.2, 0.25) is 0 Å². The Kier molecular flexibility index (Phi) is 5.09. The van der Waals surface area contributed by atoms with E-state index in [1.807, 2.05) is 20.8 Å². The number of nitrogens with one attached hydrogen (secondary N) is 1. The first-order chi connectivity index (χ1) is 8.06.